The van der Waals surface area contributed by atoms with Crippen molar-refractivity contribution >= 4 is 0 Å². The SMILES string of the molecule is CCCC(CC)(CC)[N+](CC)(CC)CC. The lowest BCUT2D eigenvalue weighted by Crippen LogP contribution is -2.63. The Bertz CT molecular complexity index is 146. The Morgan fingerprint density at radius 2 is 1.13 bits per heavy atom. The molecule has 0 aliphatic carbocycles. The van der Waals surface area contributed by atoms with Crippen LogP contribution >= 0.6 is 0 Å². The molecule has 0 fully saturated rings. The summed E-state index contributed by atoms with van der Waals surface area (Å²) in [5.41, 5.74) is 0.535. The van der Waals surface area contributed by atoms with Crippen LogP contribution < -0.4 is 0 Å². The van der Waals surface area contributed by atoms with E-state index in [-0.39, 0.29) is 0 Å². The van der Waals surface area contributed by atoms with Crippen molar-refractivity contribution in [1.82, 2.24) is 0 Å². The number of hydrogen-bond acceptors (Lipinski definition) is 0. The maximum atomic E-state index is 2.38. The molecule has 0 saturated heterocycles. The number of rotatable bonds is 8. The van der Waals surface area contributed by atoms with Crippen LogP contribution in [0.4, 0.5) is 0 Å². The first-order valence-electron chi connectivity index (χ1n) is 6.98. The monoisotopic (exact) mass is 214 g/mol. The summed E-state index contributed by atoms with van der Waals surface area (Å²) in [5, 5.41) is 0. The quantitative estimate of drug-likeness (QED) is 0.531. The van der Waals surface area contributed by atoms with E-state index in [2.05, 4.69) is 41.5 Å². The molecule has 0 radical (unpaired) electrons. The van der Waals surface area contributed by atoms with Crippen molar-refractivity contribution in [3.05, 3.63) is 0 Å². The molecule has 0 unspecified atom stereocenters. The van der Waals surface area contributed by atoms with Crippen LogP contribution in [0.15, 0.2) is 0 Å². The molecule has 0 amide bonds. The first kappa shape index (κ1) is 15.0. The summed E-state index contributed by atoms with van der Waals surface area (Å²) in [6, 6.07) is 0. The molecular weight excluding hydrogens is 182 g/mol. The van der Waals surface area contributed by atoms with Crippen LogP contribution in [0.25, 0.3) is 0 Å². The van der Waals surface area contributed by atoms with Gasteiger partial charge in [-0.1, -0.05) is 27.2 Å². The molecule has 92 valence electrons. The highest BCUT2D eigenvalue weighted by molar-refractivity contribution is 4.79. The van der Waals surface area contributed by atoms with Crippen molar-refractivity contribution in [2.24, 2.45) is 0 Å². The zero-order chi connectivity index (χ0) is 11.9. The van der Waals surface area contributed by atoms with Gasteiger partial charge in [0, 0.05) is 6.42 Å². The maximum absolute atomic E-state index is 2.38. The topological polar surface area (TPSA) is 0 Å². The summed E-state index contributed by atoms with van der Waals surface area (Å²) in [6.07, 6.45) is 5.36. The Morgan fingerprint density at radius 3 is 1.33 bits per heavy atom. The molecule has 0 heterocycles. The van der Waals surface area contributed by atoms with Gasteiger partial charge in [-0.05, 0) is 33.6 Å². The van der Waals surface area contributed by atoms with Crippen LogP contribution in [-0.2, 0) is 0 Å². The lowest BCUT2D eigenvalue weighted by atomic mass is 9.83. The van der Waals surface area contributed by atoms with E-state index in [1.165, 1.54) is 49.8 Å². The Hall–Kier alpha value is -0.0400. The van der Waals surface area contributed by atoms with Gasteiger partial charge in [0.2, 0.25) is 0 Å². The first-order chi connectivity index (χ1) is 7.11. The number of hydrogen-bond donors (Lipinski definition) is 0. The molecule has 0 N–H and O–H groups in total. The third-order valence-electron chi connectivity index (χ3n) is 4.85. The van der Waals surface area contributed by atoms with Crippen LogP contribution in [0.5, 0.6) is 0 Å². The molecule has 0 aromatic carbocycles. The summed E-state index contributed by atoms with van der Waals surface area (Å²) in [5.74, 6) is 0. The van der Waals surface area contributed by atoms with Crippen molar-refractivity contribution in [3.8, 4) is 0 Å². The predicted octanol–water partition coefficient (Wildman–Crippen LogP) is 4.22. The second kappa shape index (κ2) is 6.52. The van der Waals surface area contributed by atoms with Crippen LogP contribution in [0.2, 0.25) is 0 Å². The molecule has 0 rings (SSSR count). The van der Waals surface area contributed by atoms with Crippen molar-refractivity contribution in [3.63, 3.8) is 0 Å². The Morgan fingerprint density at radius 1 is 0.733 bits per heavy atom. The largest absolute Gasteiger partial charge is 0.319 e. The molecular formula is C14H32N+. The molecule has 1 heteroatoms. The van der Waals surface area contributed by atoms with E-state index in [0.717, 1.165) is 0 Å². The Balaban J connectivity index is 5.13. The highest BCUT2D eigenvalue weighted by atomic mass is 15.4. The van der Waals surface area contributed by atoms with Gasteiger partial charge in [-0.2, -0.15) is 0 Å². The van der Waals surface area contributed by atoms with Crippen molar-refractivity contribution in [1.29, 1.82) is 0 Å². The second-order valence-electron chi connectivity index (χ2n) is 4.78. The van der Waals surface area contributed by atoms with E-state index in [1.807, 2.05) is 0 Å². The van der Waals surface area contributed by atoms with Gasteiger partial charge in [0.1, 0.15) is 0 Å². The van der Waals surface area contributed by atoms with Crippen LogP contribution in [0, 0.1) is 0 Å². The highest BCUT2D eigenvalue weighted by Gasteiger charge is 2.44. The predicted molar refractivity (Wildman–Crippen MR) is 70.1 cm³/mol. The smallest absolute Gasteiger partial charge is 0.0986 e. The van der Waals surface area contributed by atoms with Gasteiger partial charge < -0.3 is 4.48 Å². The van der Waals surface area contributed by atoms with Crippen LogP contribution in [0.3, 0.4) is 0 Å². The third kappa shape index (κ3) is 2.55. The van der Waals surface area contributed by atoms with Crippen molar-refractivity contribution in [2.75, 3.05) is 19.6 Å². The van der Waals surface area contributed by atoms with Crippen LogP contribution in [-0.4, -0.2) is 29.7 Å². The minimum Gasteiger partial charge on any atom is -0.319 e. The summed E-state index contributed by atoms with van der Waals surface area (Å²) >= 11 is 0. The van der Waals surface area contributed by atoms with E-state index >= 15 is 0 Å². The van der Waals surface area contributed by atoms with E-state index in [4.69, 9.17) is 0 Å². The molecule has 1 nitrogen and oxygen atoms in total. The maximum Gasteiger partial charge on any atom is 0.0986 e. The third-order valence-corrected chi connectivity index (χ3v) is 4.85. The normalized spacial score (nSPS) is 13.2. The molecule has 0 spiro atoms. The number of quaternary nitrogens is 1. The first-order valence-corrected chi connectivity index (χ1v) is 6.98. The lowest BCUT2D eigenvalue weighted by Gasteiger charge is -2.52. The van der Waals surface area contributed by atoms with E-state index in [9.17, 15) is 0 Å². The molecule has 0 aliphatic rings. The molecule has 0 aliphatic heterocycles. The number of nitrogens with zero attached hydrogens (tertiary/aromatic N) is 1. The van der Waals surface area contributed by atoms with Crippen molar-refractivity contribution in [2.45, 2.75) is 72.8 Å². The second-order valence-corrected chi connectivity index (χ2v) is 4.78. The van der Waals surface area contributed by atoms with Gasteiger partial charge in [-0.15, -0.1) is 0 Å². The standard InChI is InChI=1S/C14H32N/c1-7-13-14(8-2,9-3)15(10-4,11-5)12-6/h7-13H2,1-6H3/q+1. The zero-order valence-corrected chi connectivity index (χ0v) is 11.9. The summed E-state index contributed by atoms with van der Waals surface area (Å²) < 4.78 is 1.31. The lowest BCUT2D eigenvalue weighted by molar-refractivity contribution is -0.973. The fraction of sp³-hybridized carbons (Fsp3) is 1.00. The summed E-state index contributed by atoms with van der Waals surface area (Å²) in [6.45, 7) is 18.0. The van der Waals surface area contributed by atoms with Gasteiger partial charge in [-0.25, -0.2) is 0 Å². The fourth-order valence-electron chi connectivity index (χ4n) is 3.65. The summed E-state index contributed by atoms with van der Waals surface area (Å²) in [7, 11) is 0. The zero-order valence-electron chi connectivity index (χ0n) is 11.9. The van der Waals surface area contributed by atoms with Gasteiger partial charge in [0.25, 0.3) is 0 Å². The molecule has 0 aromatic heterocycles. The van der Waals surface area contributed by atoms with Crippen molar-refractivity contribution < 1.29 is 4.48 Å². The van der Waals surface area contributed by atoms with Gasteiger partial charge >= 0.3 is 0 Å². The minimum atomic E-state index is 0.535. The molecule has 15 heavy (non-hydrogen) atoms. The molecule has 0 saturated carbocycles. The van der Waals surface area contributed by atoms with Crippen LogP contribution in [0.1, 0.15) is 67.2 Å². The average Bonchev–Trinajstić information content (AvgIpc) is 2.30. The average molecular weight is 214 g/mol. The fourth-order valence-corrected chi connectivity index (χ4v) is 3.65. The Labute approximate surface area is 97.5 Å². The molecule has 0 atom stereocenters. The summed E-state index contributed by atoms with van der Waals surface area (Å²) in [4.78, 5) is 0. The van der Waals surface area contributed by atoms with Gasteiger partial charge in [0.15, 0.2) is 0 Å². The Kier molecular flexibility index (Phi) is 6.51. The van der Waals surface area contributed by atoms with E-state index < -0.39 is 0 Å². The van der Waals surface area contributed by atoms with E-state index in [1.54, 1.807) is 0 Å². The van der Waals surface area contributed by atoms with Gasteiger partial charge in [-0.3, -0.25) is 0 Å². The highest BCUT2D eigenvalue weighted by Crippen LogP contribution is 2.36. The minimum absolute atomic E-state index is 0.535. The molecule has 0 bridgehead atoms. The van der Waals surface area contributed by atoms with Gasteiger partial charge in [0.05, 0.1) is 25.2 Å². The molecule has 0 aromatic rings. The van der Waals surface area contributed by atoms with E-state index in [0.29, 0.717) is 5.54 Å².